The molecule has 0 fully saturated rings. The Morgan fingerprint density at radius 3 is 2.55 bits per heavy atom. The predicted octanol–water partition coefficient (Wildman–Crippen LogP) is 2.71. The minimum absolute atomic E-state index is 0.148. The Kier molecular flexibility index (Phi) is 5.49. The number of halogens is 1. The average Bonchev–Trinajstić information content (AvgIpc) is 2.32. The van der Waals surface area contributed by atoms with Crippen molar-refractivity contribution < 1.29 is 19.1 Å². The van der Waals surface area contributed by atoms with Crippen molar-refractivity contribution in [3.8, 4) is 0 Å². The lowest BCUT2D eigenvalue weighted by Gasteiger charge is -2.23. The molecule has 0 aromatic heterocycles. The molecule has 0 bridgehead atoms. The van der Waals surface area contributed by atoms with E-state index in [-0.39, 0.29) is 18.3 Å². The molecule has 0 atom stereocenters. The first-order chi connectivity index (χ1) is 9.29. The van der Waals surface area contributed by atoms with E-state index < -0.39 is 12.0 Å². The van der Waals surface area contributed by atoms with Crippen LogP contribution in [0.2, 0.25) is 0 Å². The SMILES string of the molecule is Cc1cc(NC(=O)N(CC(=O)O)CC(C)C)ccc1F. The third kappa shape index (κ3) is 4.87. The van der Waals surface area contributed by atoms with Crippen LogP contribution in [0.4, 0.5) is 14.9 Å². The summed E-state index contributed by atoms with van der Waals surface area (Å²) in [5.74, 6) is -1.28. The number of rotatable bonds is 5. The van der Waals surface area contributed by atoms with E-state index in [1.165, 1.54) is 23.1 Å². The summed E-state index contributed by atoms with van der Waals surface area (Å²) in [7, 11) is 0. The third-order valence-electron chi connectivity index (χ3n) is 2.61. The van der Waals surface area contributed by atoms with E-state index in [0.717, 1.165) is 0 Å². The molecule has 0 unspecified atom stereocenters. The maximum atomic E-state index is 13.1. The molecule has 0 aliphatic carbocycles. The normalized spacial score (nSPS) is 10.4. The van der Waals surface area contributed by atoms with Crippen LogP contribution in [0.5, 0.6) is 0 Å². The quantitative estimate of drug-likeness (QED) is 0.872. The third-order valence-corrected chi connectivity index (χ3v) is 2.61. The van der Waals surface area contributed by atoms with Gasteiger partial charge >= 0.3 is 12.0 Å². The Bertz CT molecular complexity index is 503. The van der Waals surface area contributed by atoms with Gasteiger partial charge in [-0.25, -0.2) is 9.18 Å². The number of amides is 2. The number of carboxylic acids is 1. The lowest BCUT2D eigenvalue weighted by Crippen LogP contribution is -2.40. The highest BCUT2D eigenvalue weighted by Gasteiger charge is 2.18. The minimum atomic E-state index is -1.07. The molecule has 5 nitrogen and oxygen atoms in total. The van der Waals surface area contributed by atoms with E-state index in [1.807, 2.05) is 13.8 Å². The number of nitrogens with one attached hydrogen (secondary N) is 1. The molecule has 1 rings (SSSR count). The van der Waals surface area contributed by atoms with Crippen LogP contribution in [0.3, 0.4) is 0 Å². The van der Waals surface area contributed by atoms with E-state index in [0.29, 0.717) is 17.8 Å². The maximum absolute atomic E-state index is 13.1. The van der Waals surface area contributed by atoms with Crippen molar-refractivity contribution in [3.63, 3.8) is 0 Å². The Morgan fingerprint density at radius 1 is 1.40 bits per heavy atom. The summed E-state index contributed by atoms with van der Waals surface area (Å²) in [4.78, 5) is 24.0. The second-order valence-corrected chi connectivity index (χ2v) is 5.06. The molecule has 0 aliphatic heterocycles. The summed E-state index contributed by atoms with van der Waals surface area (Å²) >= 11 is 0. The number of aryl methyl sites for hydroxylation is 1. The molecule has 0 radical (unpaired) electrons. The van der Waals surface area contributed by atoms with Gasteiger partial charge in [-0.15, -0.1) is 0 Å². The largest absolute Gasteiger partial charge is 0.480 e. The van der Waals surface area contributed by atoms with Crippen LogP contribution in [0.25, 0.3) is 0 Å². The van der Waals surface area contributed by atoms with Gasteiger partial charge in [0.1, 0.15) is 12.4 Å². The van der Waals surface area contributed by atoms with E-state index >= 15 is 0 Å². The number of urea groups is 1. The fraction of sp³-hybridized carbons (Fsp3) is 0.429. The van der Waals surface area contributed by atoms with Crippen molar-refractivity contribution in [3.05, 3.63) is 29.6 Å². The summed E-state index contributed by atoms with van der Waals surface area (Å²) in [6.45, 7) is 5.34. The van der Waals surface area contributed by atoms with Crippen LogP contribution in [0, 0.1) is 18.7 Å². The van der Waals surface area contributed by atoms with Crippen molar-refractivity contribution in [1.29, 1.82) is 0 Å². The highest BCUT2D eigenvalue weighted by molar-refractivity contribution is 5.91. The Balaban J connectivity index is 2.78. The lowest BCUT2D eigenvalue weighted by atomic mass is 10.2. The minimum Gasteiger partial charge on any atom is -0.480 e. The number of carbonyl (C=O) groups is 2. The fourth-order valence-corrected chi connectivity index (χ4v) is 1.75. The zero-order valence-electron chi connectivity index (χ0n) is 11.8. The predicted molar refractivity (Wildman–Crippen MR) is 74.2 cm³/mol. The average molecular weight is 282 g/mol. The molecule has 110 valence electrons. The van der Waals surface area contributed by atoms with E-state index in [1.54, 1.807) is 6.92 Å². The number of aliphatic carboxylic acids is 1. The number of carboxylic acid groups (broad SMARTS) is 1. The highest BCUT2D eigenvalue weighted by Crippen LogP contribution is 2.14. The van der Waals surface area contributed by atoms with Gasteiger partial charge in [0.25, 0.3) is 0 Å². The molecule has 0 saturated heterocycles. The molecule has 1 aromatic rings. The van der Waals surface area contributed by atoms with Crippen LogP contribution < -0.4 is 5.32 Å². The second kappa shape index (κ2) is 6.88. The Morgan fingerprint density at radius 2 is 2.05 bits per heavy atom. The molecular formula is C14H19FN2O3. The number of benzene rings is 1. The van der Waals surface area contributed by atoms with Crippen LogP contribution in [0.1, 0.15) is 19.4 Å². The topological polar surface area (TPSA) is 69.6 Å². The molecule has 1 aromatic carbocycles. The van der Waals surface area contributed by atoms with Gasteiger partial charge in [-0.2, -0.15) is 0 Å². The van der Waals surface area contributed by atoms with Gasteiger partial charge < -0.3 is 15.3 Å². The fourth-order valence-electron chi connectivity index (χ4n) is 1.75. The van der Waals surface area contributed by atoms with Crippen LogP contribution >= 0.6 is 0 Å². The molecule has 2 amide bonds. The number of hydrogen-bond donors (Lipinski definition) is 2. The lowest BCUT2D eigenvalue weighted by molar-refractivity contribution is -0.137. The number of nitrogens with zero attached hydrogens (tertiary/aromatic N) is 1. The molecule has 6 heteroatoms. The molecule has 2 N–H and O–H groups in total. The van der Waals surface area contributed by atoms with Gasteiger partial charge in [0.15, 0.2) is 0 Å². The number of hydrogen-bond acceptors (Lipinski definition) is 2. The Hall–Kier alpha value is -2.11. The van der Waals surface area contributed by atoms with E-state index in [9.17, 15) is 14.0 Å². The van der Waals surface area contributed by atoms with Gasteiger partial charge in [0.2, 0.25) is 0 Å². The van der Waals surface area contributed by atoms with Crippen molar-refractivity contribution in [2.75, 3.05) is 18.4 Å². The summed E-state index contributed by atoms with van der Waals surface area (Å²) in [6, 6.07) is 3.69. The molecule has 0 spiro atoms. The standard InChI is InChI=1S/C14H19FN2O3/c1-9(2)7-17(8-13(18)19)14(20)16-11-4-5-12(15)10(3)6-11/h4-6,9H,7-8H2,1-3H3,(H,16,20)(H,18,19). The zero-order chi connectivity index (χ0) is 15.3. The smallest absolute Gasteiger partial charge is 0.323 e. The second-order valence-electron chi connectivity index (χ2n) is 5.06. The maximum Gasteiger partial charge on any atom is 0.323 e. The van der Waals surface area contributed by atoms with Gasteiger partial charge in [-0.3, -0.25) is 4.79 Å². The zero-order valence-corrected chi connectivity index (χ0v) is 11.8. The summed E-state index contributed by atoms with van der Waals surface area (Å²) < 4.78 is 13.1. The van der Waals surface area contributed by atoms with Crippen molar-refractivity contribution in [1.82, 2.24) is 4.90 Å². The molecule has 0 heterocycles. The first kappa shape index (κ1) is 15.9. The van der Waals surface area contributed by atoms with Gasteiger partial charge in [0.05, 0.1) is 0 Å². The van der Waals surface area contributed by atoms with Crippen LogP contribution in [-0.4, -0.2) is 35.1 Å². The van der Waals surface area contributed by atoms with Gasteiger partial charge in [0, 0.05) is 12.2 Å². The summed E-state index contributed by atoms with van der Waals surface area (Å²) in [5.41, 5.74) is 0.851. The monoisotopic (exact) mass is 282 g/mol. The number of anilines is 1. The molecule has 20 heavy (non-hydrogen) atoms. The van der Waals surface area contributed by atoms with E-state index in [2.05, 4.69) is 5.32 Å². The van der Waals surface area contributed by atoms with Gasteiger partial charge in [-0.05, 0) is 36.6 Å². The van der Waals surface area contributed by atoms with Crippen molar-refractivity contribution >= 4 is 17.7 Å². The van der Waals surface area contributed by atoms with Crippen molar-refractivity contribution in [2.45, 2.75) is 20.8 Å². The number of carbonyl (C=O) groups excluding carboxylic acids is 1. The first-order valence-electron chi connectivity index (χ1n) is 6.33. The van der Waals surface area contributed by atoms with Crippen molar-refractivity contribution in [2.24, 2.45) is 5.92 Å². The molecule has 0 saturated carbocycles. The first-order valence-corrected chi connectivity index (χ1v) is 6.33. The molecule has 0 aliphatic rings. The van der Waals surface area contributed by atoms with E-state index in [4.69, 9.17) is 5.11 Å². The summed E-state index contributed by atoms with van der Waals surface area (Å²) in [5, 5.41) is 11.4. The highest BCUT2D eigenvalue weighted by atomic mass is 19.1. The van der Waals surface area contributed by atoms with Gasteiger partial charge in [-0.1, -0.05) is 13.8 Å². The van der Waals surface area contributed by atoms with Crippen LogP contribution in [-0.2, 0) is 4.79 Å². The van der Waals surface area contributed by atoms with Crippen LogP contribution in [0.15, 0.2) is 18.2 Å². The summed E-state index contributed by atoms with van der Waals surface area (Å²) in [6.07, 6.45) is 0. The molecular weight excluding hydrogens is 263 g/mol. The Labute approximate surface area is 117 Å².